The summed E-state index contributed by atoms with van der Waals surface area (Å²) in [6.45, 7) is 5.51. The van der Waals surface area contributed by atoms with E-state index in [1.165, 1.54) is 0 Å². The molecule has 1 saturated heterocycles. The molecule has 0 aliphatic carbocycles. The van der Waals surface area contributed by atoms with Crippen LogP contribution in [-0.4, -0.2) is 60.9 Å². The van der Waals surface area contributed by atoms with E-state index in [4.69, 9.17) is 4.74 Å². The number of ether oxygens (including phenoxy) is 1. The van der Waals surface area contributed by atoms with E-state index in [9.17, 15) is 9.59 Å². The average Bonchev–Trinajstić information content (AvgIpc) is 2.70. The van der Waals surface area contributed by atoms with E-state index in [0.717, 1.165) is 11.4 Å². The smallest absolute Gasteiger partial charge is 0.253 e. The molecule has 2 aromatic rings. The summed E-state index contributed by atoms with van der Waals surface area (Å²) in [5.74, 6) is 0.783. The summed E-state index contributed by atoms with van der Waals surface area (Å²) >= 11 is 0. The zero-order valence-corrected chi connectivity index (χ0v) is 15.6. The number of benzene rings is 2. The van der Waals surface area contributed by atoms with Gasteiger partial charge in [0.25, 0.3) is 5.91 Å². The van der Waals surface area contributed by atoms with Gasteiger partial charge in [-0.3, -0.25) is 14.5 Å². The number of hydrogen-bond donors (Lipinski definition) is 1. The van der Waals surface area contributed by atoms with Crippen LogP contribution in [0.25, 0.3) is 0 Å². The third kappa shape index (κ3) is 5.31. The van der Waals surface area contributed by atoms with E-state index in [2.05, 4.69) is 10.2 Å². The lowest BCUT2D eigenvalue weighted by atomic mass is 10.2. The first-order chi connectivity index (χ1) is 13.2. The maximum absolute atomic E-state index is 12.5. The largest absolute Gasteiger partial charge is 0.494 e. The van der Waals surface area contributed by atoms with Crippen molar-refractivity contribution in [2.24, 2.45) is 0 Å². The second kappa shape index (κ2) is 9.19. The third-order valence-electron chi connectivity index (χ3n) is 4.50. The molecule has 2 amide bonds. The molecule has 0 spiro atoms. The topological polar surface area (TPSA) is 61.9 Å². The van der Waals surface area contributed by atoms with Crippen molar-refractivity contribution in [1.29, 1.82) is 0 Å². The molecule has 0 aromatic heterocycles. The highest BCUT2D eigenvalue weighted by molar-refractivity contribution is 5.94. The number of anilines is 1. The summed E-state index contributed by atoms with van der Waals surface area (Å²) in [6, 6.07) is 16.7. The van der Waals surface area contributed by atoms with Crippen LogP contribution in [0.5, 0.6) is 5.75 Å². The molecule has 1 N–H and O–H groups in total. The van der Waals surface area contributed by atoms with Crippen LogP contribution < -0.4 is 10.1 Å². The monoisotopic (exact) mass is 367 g/mol. The molecule has 0 saturated carbocycles. The van der Waals surface area contributed by atoms with Gasteiger partial charge >= 0.3 is 0 Å². The number of carbonyl (C=O) groups is 2. The number of nitrogens with one attached hydrogen (secondary N) is 1. The van der Waals surface area contributed by atoms with Crippen molar-refractivity contribution >= 4 is 17.5 Å². The second-order valence-electron chi connectivity index (χ2n) is 6.44. The van der Waals surface area contributed by atoms with E-state index in [1.807, 2.05) is 66.4 Å². The normalized spacial score (nSPS) is 14.6. The highest BCUT2D eigenvalue weighted by Crippen LogP contribution is 2.16. The fraction of sp³-hybridized carbons (Fsp3) is 0.333. The third-order valence-corrected chi connectivity index (χ3v) is 4.50. The molecule has 1 heterocycles. The van der Waals surface area contributed by atoms with Crippen LogP contribution in [0.3, 0.4) is 0 Å². The number of piperazine rings is 1. The highest BCUT2D eigenvalue weighted by atomic mass is 16.5. The SMILES string of the molecule is CCOc1ccc(NC(=O)CN2CCN(C(=O)c3ccccc3)CC2)cc1. The van der Waals surface area contributed by atoms with Gasteiger partial charge < -0.3 is 15.0 Å². The Morgan fingerprint density at radius 3 is 2.26 bits per heavy atom. The Hall–Kier alpha value is -2.86. The summed E-state index contributed by atoms with van der Waals surface area (Å²) in [4.78, 5) is 28.6. The number of rotatable bonds is 6. The van der Waals surface area contributed by atoms with Gasteiger partial charge in [0, 0.05) is 37.4 Å². The molecule has 0 unspecified atom stereocenters. The van der Waals surface area contributed by atoms with E-state index >= 15 is 0 Å². The van der Waals surface area contributed by atoms with Crippen LogP contribution in [0, 0.1) is 0 Å². The lowest BCUT2D eigenvalue weighted by molar-refractivity contribution is -0.117. The molecule has 0 bridgehead atoms. The first kappa shape index (κ1) is 18.9. The Balaban J connectivity index is 1.44. The van der Waals surface area contributed by atoms with Crippen LogP contribution in [0.15, 0.2) is 54.6 Å². The molecule has 142 valence electrons. The molecule has 3 rings (SSSR count). The van der Waals surface area contributed by atoms with Crippen LogP contribution in [0.1, 0.15) is 17.3 Å². The van der Waals surface area contributed by atoms with E-state index in [-0.39, 0.29) is 11.8 Å². The average molecular weight is 367 g/mol. The van der Waals surface area contributed by atoms with Crippen molar-refractivity contribution in [3.8, 4) is 5.75 Å². The highest BCUT2D eigenvalue weighted by Gasteiger charge is 2.23. The Labute approximate surface area is 159 Å². The second-order valence-corrected chi connectivity index (χ2v) is 6.44. The minimum atomic E-state index is -0.0537. The molecular weight excluding hydrogens is 342 g/mol. The zero-order chi connectivity index (χ0) is 19.1. The van der Waals surface area contributed by atoms with Crippen molar-refractivity contribution in [2.45, 2.75) is 6.92 Å². The van der Waals surface area contributed by atoms with Gasteiger partial charge in [-0.15, -0.1) is 0 Å². The minimum absolute atomic E-state index is 0.0501. The van der Waals surface area contributed by atoms with E-state index in [0.29, 0.717) is 44.9 Å². The molecule has 2 aromatic carbocycles. The maximum atomic E-state index is 12.5. The Bertz CT molecular complexity index is 754. The van der Waals surface area contributed by atoms with Gasteiger partial charge in [-0.1, -0.05) is 18.2 Å². The fourth-order valence-electron chi connectivity index (χ4n) is 3.08. The first-order valence-electron chi connectivity index (χ1n) is 9.25. The lowest BCUT2D eigenvalue weighted by Crippen LogP contribution is -2.50. The van der Waals surface area contributed by atoms with Crippen molar-refractivity contribution in [1.82, 2.24) is 9.80 Å². The van der Waals surface area contributed by atoms with Crippen LogP contribution in [0.4, 0.5) is 5.69 Å². The summed E-state index contributed by atoms with van der Waals surface area (Å²) in [7, 11) is 0. The number of hydrogen-bond acceptors (Lipinski definition) is 4. The number of amides is 2. The molecule has 1 aliphatic heterocycles. The molecule has 0 radical (unpaired) electrons. The van der Waals surface area contributed by atoms with Gasteiger partial charge in [-0.05, 0) is 43.3 Å². The lowest BCUT2D eigenvalue weighted by Gasteiger charge is -2.34. The predicted molar refractivity (Wildman–Crippen MR) is 105 cm³/mol. The van der Waals surface area contributed by atoms with E-state index < -0.39 is 0 Å². The van der Waals surface area contributed by atoms with Gasteiger partial charge in [0.1, 0.15) is 5.75 Å². The van der Waals surface area contributed by atoms with Crippen molar-refractivity contribution in [2.75, 3.05) is 44.6 Å². The molecule has 6 nitrogen and oxygen atoms in total. The van der Waals surface area contributed by atoms with Gasteiger partial charge in [0.2, 0.25) is 5.91 Å². The van der Waals surface area contributed by atoms with Crippen molar-refractivity contribution < 1.29 is 14.3 Å². The fourth-order valence-corrected chi connectivity index (χ4v) is 3.08. The molecular formula is C21H25N3O3. The summed E-state index contributed by atoms with van der Waals surface area (Å²) in [6.07, 6.45) is 0. The van der Waals surface area contributed by atoms with Crippen molar-refractivity contribution in [3.63, 3.8) is 0 Å². The maximum Gasteiger partial charge on any atom is 0.253 e. The standard InChI is InChI=1S/C21H25N3O3/c1-2-27-19-10-8-18(9-11-19)22-20(25)16-23-12-14-24(15-13-23)21(26)17-6-4-3-5-7-17/h3-11H,2,12-16H2,1H3,(H,22,25). The van der Waals surface area contributed by atoms with Crippen LogP contribution in [0.2, 0.25) is 0 Å². The molecule has 27 heavy (non-hydrogen) atoms. The van der Waals surface area contributed by atoms with Crippen LogP contribution in [-0.2, 0) is 4.79 Å². The molecule has 0 atom stereocenters. The van der Waals surface area contributed by atoms with Crippen molar-refractivity contribution in [3.05, 3.63) is 60.2 Å². The van der Waals surface area contributed by atoms with Gasteiger partial charge in [0.05, 0.1) is 13.2 Å². The minimum Gasteiger partial charge on any atom is -0.494 e. The first-order valence-corrected chi connectivity index (χ1v) is 9.25. The number of nitrogens with zero attached hydrogens (tertiary/aromatic N) is 2. The molecule has 1 aliphatic rings. The molecule has 1 fully saturated rings. The van der Waals surface area contributed by atoms with E-state index in [1.54, 1.807) is 0 Å². The number of carbonyl (C=O) groups excluding carboxylic acids is 2. The quantitative estimate of drug-likeness (QED) is 0.852. The summed E-state index contributed by atoms with van der Waals surface area (Å²) in [5.41, 5.74) is 1.46. The van der Waals surface area contributed by atoms with Gasteiger partial charge in [0.15, 0.2) is 0 Å². The van der Waals surface area contributed by atoms with Crippen LogP contribution >= 0.6 is 0 Å². The molecule has 6 heteroatoms. The Morgan fingerprint density at radius 1 is 0.963 bits per heavy atom. The van der Waals surface area contributed by atoms with Gasteiger partial charge in [-0.2, -0.15) is 0 Å². The summed E-state index contributed by atoms with van der Waals surface area (Å²) < 4.78 is 5.40. The Kier molecular flexibility index (Phi) is 6.44. The zero-order valence-electron chi connectivity index (χ0n) is 15.6. The predicted octanol–water partition coefficient (Wildman–Crippen LogP) is 2.48. The summed E-state index contributed by atoms with van der Waals surface area (Å²) in [5, 5.41) is 2.90. The Morgan fingerprint density at radius 2 is 1.63 bits per heavy atom. The van der Waals surface area contributed by atoms with Gasteiger partial charge in [-0.25, -0.2) is 0 Å².